The first kappa shape index (κ1) is 17.9. The van der Waals surface area contributed by atoms with Crippen molar-refractivity contribution in [1.29, 1.82) is 0 Å². The Morgan fingerprint density at radius 3 is 2.24 bits per heavy atom. The number of halogens is 3. The lowest BCUT2D eigenvalue weighted by molar-refractivity contribution is -0.173. The van der Waals surface area contributed by atoms with Crippen molar-refractivity contribution in [2.75, 3.05) is 19.8 Å². The van der Waals surface area contributed by atoms with Crippen molar-refractivity contribution in [1.82, 2.24) is 4.72 Å². The SMILES string of the molecule is NCc1ccc(CS(=O)(=O)NCCOCC(F)(F)F)cc1. The van der Waals surface area contributed by atoms with Gasteiger partial charge in [-0.05, 0) is 11.1 Å². The van der Waals surface area contributed by atoms with Gasteiger partial charge in [0.15, 0.2) is 0 Å². The van der Waals surface area contributed by atoms with Gasteiger partial charge in [-0.25, -0.2) is 13.1 Å². The molecule has 120 valence electrons. The summed E-state index contributed by atoms with van der Waals surface area (Å²) in [5, 5.41) is 0. The number of benzene rings is 1. The molecule has 5 nitrogen and oxygen atoms in total. The van der Waals surface area contributed by atoms with Gasteiger partial charge in [-0.15, -0.1) is 0 Å². The molecule has 0 aromatic heterocycles. The van der Waals surface area contributed by atoms with Crippen LogP contribution in [-0.2, 0) is 27.1 Å². The Morgan fingerprint density at radius 2 is 1.71 bits per heavy atom. The summed E-state index contributed by atoms with van der Waals surface area (Å²) in [4.78, 5) is 0. The third-order valence-electron chi connectivity index (χ3n) is 2.45. The van der Waals surface area contributed by atoms with Gasteiger partial charge in [-0.1, -0.05) is 24.3 Å². The number of sulfonamides is 1. The minimum Gasteiger partial charge on any atom is -0.371 e. The molecule has 3 N–H and O–H groups in total. The zero-order valence-electron chi connectivity index (χ0n) is 11.2. The average molecular weight is 326 g/mol. The molecule has 0 spiro atoms. The lowest BCUT2D eigenvalue weighted by Gasteiger charge is -2.09. The number of ether oxygens (including phenoxy) is 1. The molecule has 0 unspecified atom stereocenters. The van der Waals surface area contributed by atoms with E-state index < -0.39 is 22.8 Å². The number of rotatable bonds is 8. The first-order valence-corrected chi connectivity index (χ1v) is 7.77. The first-order chi connectivity index (χ1) is 9.72. The molecule has 0 radical (unpaired) electrons. The molecule has 0 aliphatic heterocycles. The topological polar surface area (TPSA) is 81.4 Å². The smallest absolute Gasteiger partial charge is 0.371 e. The zero-order valence-corrected chi connectivity index (χ0v) is 12.0. The Kier molecular flexibility index (Phi) is 6.59. The fourth-order valence-electron chi connectivity index (χ4n) is 1.50. The fourth-order valence-corrected chi connectivity index (χ4v) is 2.63. The van der Waals surface area contributed by atoms with E-state index in [0.717, 1.165) is 5.56 Å². The van der Waals surface area contributed by atoms with Gasteiger partial charge in [0.2, 0.25) is 10.0 Å². The Balaban J connectivity index is 2.36. The van der Waals surface area contributed by atoms with Crippen LogP contribution in [0.4, 0.5) is 13.2 Å². The molecule has 0 fully saturated rings. The molecule has 1 aromatic rings. The highest BCUT2D eigenvalue weighted by atomic mass is 32.2. The van der Waals surface area contributed by atoms with Crippen molar-refractivity contribution in [2.45, 2.75) is 18.5 Å². The molecule has 0 atom stereocenters. The molecule has 0 bridgehead atoms. The number of alkyl halides is 3. The van der Waals surface area contributed by atoms with Crippen LogP contribution in [0.2, 0.25) is 0 Å². The first-order valence-electron chi connectivity index (χ1n) is 6.11. The van der Waals surface area contributed by atoms with E-state index in [2.05, 4.69) is 9.46 Å². The fraction of sp³-hybridized carbons (Fsp3) is 0.500. The quantitative estimate of drug-likeness (QED) is 0.702. The van der Waals surface area contributed by atoms with Crippen molar-refractivity contribution >= 4 is 10.0 Å². The standard InChI is InChI=1S/C12H17F3N2O3S/c13-12(14,15)9-20-6-5-17-21(18,19)8-11-3-1-10(7-16)2-4-11/h1-4,17H,5-9,16H2. The second kappa shape index (κ2) is 7.74. The molecular formula is C12H17F3N2O3S. The van der Waals surface area contributed by atoms with Crippen LogP contribution in [0.5, 0.6) is 0 Å². The van der Waals surface area contributed by atoms with E-state index in [4.69, 9.17) is 5.73 Å². The Bertz CT molecular complexity index is 530. The Hall–Kier alpha value is -1.16. The summed E-state index contributed by atoms with van der Waals surface area (Å²) >= 11 is 0. The molecule has 0 saturated carbocycles. The summed E-state index contributed by atoms with van der Waals surface area (Å²) in [6.07, 6.45) is -4.41. The van der Waals surface area contributed by atoms with Gasteiger partial charge in [-0.2, -0.15) is 13.2 Å². The lowest BCUT2D eigenvalue weighted by Crippen LogP contribution is -2.30. The van der Waals surface area contributed by atoms with Gasteiger partial charge in [0.1, 0.15) is 6.61 Å². The van der Waals surface area contributed by atoms with E-state index in [9.17, 15) is 21.6 Å². The highest BCUT2D eigenvalue weighted by molar-refractivity contribution is 7.88. The van der Waals surface area contributed by atoms with Crippen LogP contribution in [0.15, 0.2) is 24.3 Å². The average Bonchev–Trinajstić information content (AvgIpc) is 2.37. The van der Waals surface area contributed by atoms with Crippen LogP contribution in [0.3, 0.4) is 0 Å². The molecule has 1 rings (SSSR count). The van der Waals surface area contributed by atoms with E-state index in [1.54, 1.807) is 24.3 Å². The van der Waals surface area contributed by atoms with Gasteiger partial charge in [-0.3, -0.25) is 0 Å². The minimum absolute atomic E-state index is 0.209. The largest absolute Gasteiger partial charge is 0.411 e. The van der Waals surface area contributed by atoms with Gasteiger partial charge in [0, 0.05) is 13.1 Å². The highest BCUT2D eigenvalue weighted by Crippen LogP contribution is 2.14. The molecule has 0 amide bonds. The van der Waals surface area contributed by atoms with E-state index in [1.165, 1.54) is 0 Å². The van der Waals surface area contributed by atoms with Crippen molar-refractivity contribution < 1.29 is 26.3 Å². The molecule has 0 aliphatic carbocycles. The molecule has 0 heterocycles. The molecule has 9 heteroatoms. The van der Waals surface area contributed by atoms with Crippen molar-refractivity contribution in [3.63, 3.8) is 0 Å². The van der Waals surface area contributed by atoms with E-state index in [-0.39, 0.29) is 18.9 Å². The molecule has 0 aliphatic rings. The number of hydrogen-bond acceptors (Lipinski definition) is 4. The number of nitrogens with two attached hydrogens (primary N) is 1. The lowest BCUT2D eigenvalue weighted by atomic mass is 10.1. The van der Waals surface area contributed by atoms with Crippen LogP contribution in [0.25, 0.3) is 0 Å². The maximum Gasteiger partial charge on any atom is 0.411 e. The summed E-state index contributed by atoms with van der Waals surface area (Å²) in [5.74, 6) is -0.253. The van der Waals surface area contributed by atoms with Crippen molar-refractivity contribution in [2.24, 2.45) is 5.73 Å². The number of hydrogen-bond donors (Lipinski definition) is 2. The summed E-state index contributed by atoms with van der Waals surface area (Å²) in [6, 6.07) is 6.72. The van der Waals surface area contributed by atoms with Gasteiger partial charge in [0.05, 0.1) is 12.4 Å². The molecule has 21 heavy (non-hydrogen) atoms. The number of nitrogens with one attached hydrogen (secondary N) is 1. The predicted octanol–water partition coefficient (Wildman–Crippen LogP) is 1.14. The highest BCUT2D eigenvalue weighted by Gasteiger charge is 2.27. The van der Waals surface area contributed by atoms with E-state index >= 15 is 0 Å². The summed E-state index contributed by atoms with van der Waals surface area (Å²) in [7, 11) is -3.61. The Labute approximate surface area is 121 Å². The normalized spacial score (nSPS) is 12.6. The van der Waals surface area contributed by atoms with Gasteiger partial charge >= 0.3 is 6.18 Å². The second-order valence-corrected chi connectivity index (χ2v) is 6.15. The van der Waals surface area contributed by atoms with Crippen molar-refractivity contribution in [3.05, 3.63) is 35.4 Å². The monoisotopic (exact) mass is 326 g/mol. The van der Waals surface area contributed by atoms with Crippen molar-refractivity contribution in [3.8, 4) is 0 Å². The Morgan fingerprint density at radius 1 is 1.14 bits per heavy atom. The summed E-state index contributed by atoms with van der Waals surface area (Å²) in [6.45, 7) is -1.58. The van der Waals surface area contributed by atoms with Crippen LogP contribution >= 0.6 is 0 Å². The van der Waals surface area contributed by atoms with Crippen LogP contribution in [0.1, 0.15) is 11.1 Å². The summed E-state index contributed by atoms with van der Waals surface area (Å²) < 4.78 is 65.3. The predicted molar refractivity (Wildman–Crippen MR) is 71.8 cm³/mol. The van der Waals surface area contributed by atoms with Crippen LogP contribution in [-0.4, -0.2) is 34.4 Å². The van der Waals surface area contributed by atoms with Gasteiger partial charge < -0.3 is 10.5 Å². The van der Waals surface area contributed by atoms with Crippen LogP contribution in [0, 0.1) is 0 Å². The zero-order chi connectivity index (χ0) is 15.9. The van der Waals surface area contributed by atoms with Gasteiger partial charge in [0.25, 0.3) is 0 Å². The second-order valence-electron chi connectivity index (χ2n) is 4.34. The molecule has 0 saturated heterocycles. The summed E-state index contributed by atoms with van der Waals surface area (Å²) in [5.41, 5.74) is 6.87. The maximum atomic E-state index is 11.8. The third kappa shape index (κ3) is 8.00. The van der Waals surface area contributed by atoms with E-state index in [1.807, 2.05) is 0 Å². The van der Waals surface area contributed by atoms with Crippen LogP contribution < -0.4 is 10.5 Å². The van der Waals surface area contributed by atoms with E-state index in [0.29, 0.717) is 12.1 Å². The maximum absolute atomic E-state index is 11.8. The molecule has 1 aromatic carbocycles. The minimum atomic E-state index is -4.41. The molecular weight excluding hydrogens is 309 g/mol. The third-order valence-corrected chi connectivity index (χ3v) is 3.81.